The third-order valence-corrected chi connectivity index (χ3v) is 5.42. The summed E-state index contributed by atoms with van der Waals surface area (Å²) in [6.45, 7) is 6.16. The SMILES string of the molecule is CCn1cc2c(n1)c(=O)n(Cc1ccccc1)c(=O)n2CC(=O)Nc1cc(C)ccc1C. The van der Waals surface area contributed by atoms with Gasteiger partial charge in [-0.15, -0.1) is 0 Å². The average Bonchev–Trinajstić information content (AvgIpc) is 3.22. The van der Waals surface area contributed by atoms with Crippen molar-refractivity contribution in [3.8, 4) is 0 Å². The van der Waals surface area contributed by atoms with E-state index in [0.717, 1.165) is 21.3 Å². The minimum absolute atomic E-state index is 0.103. The molecule has 0 spiro atoms. The normalized spacial score (nSPS) is 11.1. The van der Waals surface area contributed by atoms with Gasteiger partial charge in [-0.25, -0.2) is 4.79 Å². The van der Waals surface area contributed by atoms with Crippen molar-refractivity contribution in [1.29, 1.82) is 0 Å². The lowest BCUT2D eigenvalue weighted by Gasteiger charge is -2.13. The zero-order valence-electron chi connectivity index (χ0n) is 18.3. The molecule has 2 aromatic carbocycles. The maximum atomic E-state index is 13.3. The van der Waals surface area contributed by atoms with Crippen LogP contribution in [0.3, 0.4) is 0 Å². The molecule has 0 fully saturated rings. The van der Waals surface area contributed by atoms with E-state index in [0.29, 0.717) is 17.7 Å². The number of amides is 1. The zero-order valence-corrected chi connectivity index (χ0v) is 18.3. The van der Waals surface area contributed by atoms with Crippen LogP contribution < -0.4 is 16.6 Å². The molecule has 2 aromatic heterocycles. The smallest absolute Gasteiger partial charge is 0.324 e. The van der Waals surface area contributed by atoms with Gasteiger partial charge in [0.05, 0.1) is 12.1 Å². The number of nitrogens with zero attached hydrogens (tertiary/aromatic N) is 4. The highest BCUT2D eigenvalue weighted by molar-refractivity contribution is 5.92. The van der Waals surface area contributed by atoms with Crippen molar-refractivity contribution in [2.75, 3.05) is 5.32 Å². The largest absolute Gasteiger partial charge is 0.332 e. The van der Waals surface area contributed by atoms with Crippen molar-refractivity contribution in [2.45, 2.75) is 40.4 Å². The quantitative estimate of drug-likeness (QED) is 0.508. The van der Waals surface area contributed by atoms with Gasteiger partial charge in [-0.05, 0) is 43.5 Å². The van der Waals surface area contributed by atoms with Crippen LogP contribution in [0.2, 0.25) is 0 Å². The fraction of sp³-hybridized carbons (Fsp3) is 0.250. The maximum Gasteiger partial charge on any atom is 0.332 e. The van der Waals surface area contributed by atoms with Crippen molar-refractivity contribution >= 4 is 22.6 Å². The Balaban J connectivity index is 1.78. The van der Waals surface area contributed by atoms with Gasteiger partial charge in [-0.3, -0.25) is 23.4 Å². The third-order valence-electron chi connectivity index (χ3n) is 5.42. The van der Waals surface area contributed by atoms with Gasteiger partial charge < -0.3 is 5.32 Å². The number of carbonyl (C=O) groups is 1. The van der Waals surface area contributed by atoms with Gasteiger partial charge in [0, 0.05) is 18.4 Å². The topological polar surface area (TPSA) is 90.9 Å². The number of aromatic nitrogens is 4. The summed E-state index contributed by atoms with van der Waals surface area (Å²) in [7, 11) is 0. The number of aryl methyl sites for hydroxylation is 3. The molecular weight excluding hydrogens is 406 g/mol. The molecule has 8 nitrogen and oxygen atoms in total. The Bertz CT molecular complexity index is 1410. The first-order valence-corrected chi connectivity index (χ1v) is 10.5. The van der Waals surface area contributed by atoms with E-state index in [1.807, 2.05) is 69.3 Å². The highest BCUT2D eigenvalue weighted by Crippen LogP contribution is 2.16. The molecule has 2 heterocycles. The maximum absolute atomic E-state index is 13.3. The number of nitrogens with one attached hydrogen (secondary N) is 1. The Labute approximate surface area is 184 Å². The van der Waals surface area contributed by atoms with Crippen LogP contribution in [0.1, 0.15) is 23.6 Å². The minimum atomic E-state index is -0.543. The van der Waals surface area contributed by atoms with Crippen molar-refractivity contribution < 1.29 is 4.79 Å². The summed E-state index contributed by atoms with van der Waals surface area (Å²) in [6, 6.07) is 15.0. The molecule has 32 heavy (non-hydrogen) atoms. The molecule has 0 unspecified atom stereocenters. The standard InChI is InChI=1S/C24H25N5O3/c1-4-27-14-20-22(26-27)23(31)29(13-18-8-6-5-7-9-18)24(32)28(20)15-21(30)25-19-12-16(2)10-11-17(19)3/h5-12,14H,4,13,15H2,1-3H3,(H,25,30). The number of anilines is 1. The van der Waals surface area contributed by atoms with Gasteiger partial charge in [-0.2, -0.15) is 5.10 Å². The van der Waals surface area contributed by atoms with Gasteiger partial charge in [-0.1, -0.05) is 42.5 Å². The van der Waals surface area contributed by atoms with Gasteiger partial charge in [0.25, 0.3) is 5.56 Å². The number of hydrogen-bond acceptors (Lipinski definition) is 4. The number of hydrogen-bond donors (Lipinski definition) is 1. The van der Waals surface area contributed by atoms with E-state index in [9.17, 15) is 14.4 Å². The molecule has 0 saturated carbocycles. The van der Waals surface area contributed by atoms with E-state index in [1.54, 1.807) is 10.9 Å². The number of rotatable bonds is 6. The van der Waals surface area contributed by atoms with E-state index in [4.69, 9.17) is 0 Å². The van der Waals surface area contributed by atoms with E-state index >= 15 is 0 Å². The first kappa shape index (κ1) is 21.3. The van der Waals surface area contributed by atoms with Crippen LogP contribution in [-0.4, -0.2) is 24.8 Å². The molecule has 0 aliphatic rings. The lowest BCUT2D eigenvalue weighted by Crippen LogP contribution is -2.41. The second-order valence-corrected chi connectivity index (χ2v) is 7.83. The zero-order chi connectivity index (χ0) is 22.8. The number of fused-ring (bicyclic) bond motifs is 1. The molecule has 164 valence electrons. The molecule has 4 aromatic rings. The Morgan fingerprint density at radius 3 is 2.50 bits per heavy atom. The lowest BCUT2D eigenvalue weighted by molar-refractivity contribution is -0.116. The summed E-state index contributed by atoms with van der Waals surface area (Å²) in [5, 5.41) is 7.23. The lowest BCUT2D eigenvalue weighted by atomic mass is 10.1. The molecule has 0 radical (unpaired) electrons. The number of benzene rings is 2. The minimum Gasteiger partial charge on any atom is -0.324 e. The van der Waals surface area contributed by atoms with Crippen LogP contribution in [-0.2, 0) is 24.4 Å². The summed E-state index contributed by atoms with van der Waals surface area (Å²) in [5.74, 6) is -0.351. The Kier molecular flexibility index (Phi) is 5.77. The van der Waals surface area contributed by atoms with Gasteiger partial charge >= 0.3 is 5.69 Å². The summed E-state index contributed by atoms with van der Waals surface area (Å²) in [6.07, 6.45) is 1.64. The van der Waals surface area contributed by atoms with Gasteiger partial charge in [0.1, 0.15) is 6.54 Å². The molecule has 1 amide bonds. The van der Waals surface area contributed by atoms with E-state index in [2.05, 4.69) is 10.4 Å². The molecule has 8 heteroatoms. The predicted octanol–water partition coefficient (Wildman–Crippen LogP) is 2.68. The van der Waals surface area contributed by atoms with E-state index in [1.165, 1.54) is 4.57 Å². The molecule has 0 aliphatic heterocycles. The summed E-state index contributed by atoms with van der Waals surface area (Å²) < 4.78 is 4.05. The Morgan fingerprint density at radius 1 is 1.03 bits per heavy atom. The van der Waals surface area contributed by atoms with Gasteiger partial charge in [0.2, 0.25) is 5.91 Å². The van der Waals surface area contributed by atoms with Crippen LogP contribution in [0, 0.1) is 13.8 Å². The van der Waals surface area contributed by atoms with Crippen LogP contribution in [0.4, 0.5) is 5.69 Å². The molecule has 4 rings (SSSR count). The van der Waals surface area contributed by atoms with Gasteiger partial charge in [0.15, 0.2) is 5.52 Å². The molecule has 0 bridgehead atoms. The Morgan fingerprint density at radius 2 is 1.78 bits per heavy atom. The molecule has 0 aliphatic carbocycles. The van der Waals surface area contributed by atoms with Crippen molar-refractivity contribution in [2.24, 2.45) is 0 Å². The van der Waals surface area contributed by atoms with E-state index in [-0.39, 0.29) is 24.5 Å². The van der Waals surface area contributed by atoms with Crippen LogP contribution in [0.25, 0.3) is 11.0 Å². The molecule has 0 saturated heterocycles. The number of carbonyl (C=O) groups excluding carboxylic acids is 1. The van der Waals surface area contributed by atoms with Crippen LogP contribution >= 0.6 is 0 Å². The second-order valence-electron chi connectivity index (χ2n) is 7.83. The molecule has 1 N–H and O–H groups in total. The fourth-order valence-corrected chi connectivity index (χ4v) is 3.65. The first-order valence-electron chi connectivity index (χ1n) is 10.5. The molecular formula is C24H25N5O3. The highest BCUT2D eigenvalue weighted by atomic mass is 16.2. The monoisotopic (exact) mass is 431 g/mol. The first-order chi connectivity index (χ1) is 15.4. The van der Waals surface area contributed by atoms with Crippen molar-refractivity contribution in [3.05, 3.63) is 92.3 Å². The van der Waals surface area contributed by atoms with Crippen LogP contribution in [0.15, 0.2) is 64.3 Å². The third kappa shape index (κ3) is 4.12. The molecule has 0 atom stereocenters. The second kappa shape index (κ2) is 8.66. The highest BCUT2D eigenvalue weighted by Gasteiger charge is 2.19. The summed E-state index contributed by atoms with van der Waals surface area (Å²) in [4.78, 5) is 39.3. The van der Waals surface area contributed by atoms with Crippen molar-refractivity contribution in [1.82, 2.24) is 18.9 Å². The van der Waals surface area contributed by atoms with E-state index < -0.39 is 11.2 Å². The fourth-order valence-electron chi connectivity index (χ4n) is 3.65. The Hall–Kier alpha value is -3.94. The van der Waals surface area contributed by atoms with Crippen molar-refractivity contribution in [3.63, 3.8) is 0 Å². The summed E-state index contributed by atoms with van der Waals surface area (Å²) in [5.41, 5.74) is 2.96. The predicted molar refractivity (Wildman–Crippen MR) is 124 cm³/mol. The average molecular weight is 431 g/mol. The van der Waals surface area contributed by atoms with Crippen LogP contribution in [0.5, 0.6) is 0 Å². The summed E-state index contributed by atoms with van der Waals surface area (Å²) >= 11 is 0.